The second-order valence-corrected chi connectivity index (χ2v) is 10.1. The van der Waals surface area contributed by atoms with Crippen LogP contribution in [-0.4, -0.2) is 72.5 Å². The number of sulfonamides is 2. The standard InChI is InChI=1S/C16H27N3O5S2/c1-3-13-25(20,21)17-8-14-26(22,23)19-11-9-18(10-12-19)15-4-6-16(24-2)7-5-15/h4-7,17H,3,8-14H2,1-2H3. The van der Waals surface area contributed by atoms with E-state index >= 15 is 0 Å². The number of anilines is 1. The predicted octanol–water partition coefficient (Wildman–Crippen LogP) is 0.476. The van der Waals surface area contributed by atoms with Crippen molar-refractivity contribution in [1.29, 1.82) is 0 Å². The van der Waals surface area contributed by atoms with Crippen LogP contribution in [0.1, 0.15) is 13.3 Å². The van der Waals surface area contributed by atoms with E-state index < -0.39 is 20.0 Å². The summed E-state index contributed by atoms with van der Waals surface area (Å²) >= 11 is 0. The molecule has 1 aliphatic heterocycles. The summed E-state index contributed by atoms with van der Waals surface area (Å²) < 4.78 is 56.9. The summed E-state index contributed by atoms with van der Waals surface area (Å²) in [6.45, 7) is 3.62. The van der Waals surface area contributed by atoms with Crippen molar-refractivity contribution in [2.75, 3.05) is 56.2 Å². The molecule has 8 nitrogen and oxygen atoms in total. The van der Waals surface area contributed by atoms with Crippen molar-refractivity contribution in [3.05, 3.63) is 24.3 Å². The van der Waals surface area contributed by atoms with E-state index in [0.717, 1.165) is 11.4 Å². The monoisotopic (exact) mass is 405 g/mol. The minimum atomic E-state index is -3.48. The summed E-state index contributed by atoms with van der Waals surface area (Å²) in [5, 5.41) is 0. The van der Waals surface area contributed by atoms with Crippen molar-refractivity contribution in [2.45, 2.75) is 13.3 Å². The molecule has 1 aromatic carbocycles. The molecule has 0 radical (unpaired) electrons. The maximum absolute atomic E-state index is 12.4. The molecule has 26 heavy (non-hydrogen) atoms. The van der Waals surface area contributed by atoms with Crippen molar-refractivity contribution in [2.24, 2.45) is 0 Å². The molecule has 1 saturated heterocycles. The molecule has 0 spiro atoms. The second kappa shape index (κ2) is 9.03. The fourth-order valence-corrected chi connectivity index (χ4v) is 5.38. The normalized spacial score (nSPS) is 16.6. The zero-order valence-corrected chi connectivity index (χ0v) is 16.9. The number of hydrogen-bond acceptors (Lipinski definition) is 6. The third-order valence-electron chi connectivity index (χ3n) is 4.22. The highest BCUT2D eigenvalue weighted by atomic mass is 32.2. The van der Waals surface area contributed by atoms with Crippen molar-refractivity contribution in [1.82, 2.24) is 9.03 Å². The SMILES string of the molecule is CCCS(=O)(=O)NCCS(=O)(=O)N1CCN(c2ccc(OC)cc2)CC1. The van der Waals surface area contributed by atoms with Crippen LogP contribution >= 0.6 is 0 Å². The fourth-order valence-electron chi connectivity index (χ4n) is 2.81. The lowest BCUT2D eigenvalue weighted by atomic mass is 10.2. The lowest BCUT2D eigenvalue weighted by Crippen LogP contribution is -2.50. The molecular formula is C16H27N3O5S2. The molecule has 0 aromatic heterocycles. The van der Waals surface area contributed by atoms with Crippen molar-refractivity contribution in [3.8, 4) is 5.75 Å². The summed E-state index contributed by atoms with van der Waals surface area (Å²) in [6.07, 6.45) is 0.495. The Balaban J connectivity index is 1.85. The van der Waals surface area contributed by atoms with E-state index in [1.54, 1.807) is 14.0 Å². The number of piperazine rings is 1. The summed E-state index contributed by atoms with van der Waals surface area (Å²) in [4.78, 5) is 2.12. The van der Waals surface area contributed by atoms with Gasteiger partial charge in [-0.15, -0.1) is 0 Å². The molecule has 10 heteroatoms. The molecule has 1 fully saturated rings. The third-order valence-corrected chi connectivity index (χ3v) is 7.69. The molecule has 0 aliphatic carbocycles. The lowest BCUT2D eigenvalue weighted by molar-refractivity contribution is 0.384. The third kappa shape index (κ3) is 5.83. The molecular weight excluding hydrogens is 378 g/mol. The van der Waals surface area contributed by atoms with E-state index in [4.69, 9.17) is 4.74 Å². The van der Waals surface area contributed by atoms with E-state index in [9.17, 15) is 16.8 Å². The van der Waals surface area contributed by atoms with E-state index in [1.165, 1.54) is 4.31 Å². The van der Waals surface area contributed by atoms with Gasteiger partial charge in [0.15, 0.2) is 0 Å². The Kier molecular flexibility index (Phi) is 7.27. The maximum atomic E-state index is 12.4. The first-order chi connectivity index (χ1) is 12.3. The summed E-state index contributed by atoms with van der Waals surface area (Å²) in [5.74, 6) is 0.562. The first kappa shape index (κ1) is 20.9. The Hall–Kier alpha value is -1.36. The summed E-state index contributed by atoms with van der Waals surface area (Å²) in [7, 11) is -5.25. The Labute approximate surface area is 156 Å². The van der Waals surface area contributed by atoms with Crippen LogP contribution in [0.5, 0.6) is 5.75 Å². The summed E-state index contributed by atoms with van der Waals surface area (Å²) in [5.41, 5.74) is 1.02. The lowest BCUT2D eigenvalue weighted by Gasteiger charge is -2.35. The van der Waals surface area contributed by atoms with Gasteiger partial charge in [-0.25, -0.2) is 21.6 Å². The van der Waals surface area contributed by atoms with E-state index in [-0.39, 0.29) is 18.1 Å². The van der Waals surface area contributed by atoms with Gasteiger partial charge < -0.3 is 9.64 Å². The van der Waals surface area contributed by atoms with E-state index in [2.05, 4.69) is 9.62 Å². The minimum Gasteiger partial charge on any atom is -0.497 e. The van der Waals surface area contributed by atoms with Crippen molar-refractivity contribution in [3.63, 3.8) is 0 Å². The van der Waals surface area contributed by atoms with Crippen LogP contribution < -0.4 is 14.4 Å². The average molecular weight is 406 g/mol. The molecule has 1 heterocycles. The van der Waals surface area contributed by atoms with Crippen LogP contribution in [0.25, 0.3) is 0 Å². The van der Waals surface area contributed by atoms with Crippen LogP contribution in [0, 0.1) is 0 Å². The number of nitrogens with one attached hydrogen (secondary N) is 1. The first-order valence-electron chi connectivity index (χ1n) is 8.61. The largest absolute Gasteiger partial charge is 0.497 e. The zero-order chi connectivity index (χ0) is 19.2. The van der Waals surface area contributed by atoms with Gasteiger partial charge in [0.2, 0.25) is 20.0 Å². The Morgan fingerprint density at radius 1 is 1.00 bits per heavy atom. The van der Waals surface area contributed by atoms with Gasteiger partial charge in [-0.2, -0.15) is 4.31 Å². The molecule has 2 rings (SSSR count). The van der Waals surface area contributed by atoms with Crippen LogP contribution in [0.4, 0.5) is 5.69 Å². The minimum absolute atomic E-state index is 0.00752. The number of nitrogens with zero attached hydrogens (tertiary/aromatic N) is 2. The topological polar surface area (TPSA) is 96.0 Å². The molecule has 1 aromatic rings. The maximum Gasteiger partial charge on any atom is 0.215 e. The molecule has 0 atom stereocenters. The van der Waals surface area contributed by atoms with Crippen molar-refractivity contribution < 1.29 is 21.6 Å². The zero-order valence-electron chi connectivity index (χ0n) is 15.2. The number of hydrogen-bond donors (Lipinski definition) is 1. The highest BCUT2D eigenvalue weighted by Gasteiger charge is 2.27. The van der Waals surface area contributed by atoms with Crippen LogP contribution in [-0.2, 0) is 20.0 Å². The molecule has 0 amide bonds. The van der Waals surface area contributed by atoms with Gasteiger partial charge in [-0.1, -0.05) is 6.92 Å². The average Bonchev–Trinajstić information content (AvgIpc) is 2.61. The number of methoxy groups -OCH3 is 1. The van der Waals surface area contributed by atoms with E-state index in [1.807, 2.05) is 24.3 Å². The summed E-state index contributed by atoms with van der Waals surface area (Å²) in [6, 6.07) is 7.65. The Morgan fingerprint density at radius 3 is 2.15 bits per heavy atom. The molecule has 0 unspecified atom stereocenters. The smallest absolute Gasteiger partial charge is 0.215 e. The fraction of sp³-hybridized carbons (Fsp3) is 0.625. The molecule has 1 aliphatic rings. The number of rotatable bonds is 9. The molecule has 1 N–H and O–H groups in total. The van der Waals surface area contributed by atoms with Gasteiger partial charge in [0.1, 0.15) is 5.75 Å². The van der Waals surface area contributed by atoms with Gasteiger partial charge >= 0.3 is 0 Å². The highest BCUT2D eigenvalue weighted by molar-refractivity contribution is 7.90. The Bertz CT molecular complexity index is 771. The first-order valence-corrected chi connectivity index (χ1v) is 11.9. The van der Waals surface area contributed by atoms with Crippen LogP contribution in [0.3, 0.4) is 0 Å². The van der Waals surface area contributed by atoms with Gasteiger partial charge in [-0.3, -0.25) is 0 Å². The number of ether oxygens (including phenoxy) is 1. The van der Waals surface area contributed by atoms with Crippen LogP contribution in [0.15, 0.2) is 24.3 Å². The highest BCUT2D eigenvalue weighted by Crippen LogP contribution is 2.21. The quantitative estimate of drug-likeness (QED) is 0.642. The molecule has 0 bridgehead atoms. The van der Waals surface area contributed by atoms with Gasteiger partial charge in [0.25, 0.3) is 0 Å². The second-order valence-electron chi connectivity index (χ2n) is 6.11. The van der Waals surface area contributed by atoms with Crippen LogP contribution in [0.2, 0.25) is 0 Å². The van der Waals surface area contributed by atoms with Gasteiger partial charge in [0, 0.05) is 38.4 Å². The Morgan fingerprint density at radius 2 is 1.62 bits per heavy atom. The van der Waals surface area contributed by atoms with E-state index in [0.29, 0.717) is 32.6 Å². The number of benzene rings is 1. The van der Waals surface area contributed by atoms with Gasteiger partial charge in [-0.05, 0) is 30.7 Å². The van der Waals surface area contributed by atoms with Crippen molar-refractivity contribution >= 4 is 25.7 Å². The van der Waals surface area contributed by atoms with Gasteiger partial charge in [0.05, 0.1) is 18.6 Å². The molecule has 0 saturated carbocycles. The predicted molar refractivity (Wildman–Crippen MR) is 103 cm³/mol. The molecule has 148 valence electrons.